The van der Waals surface area contributed by atoms with E-state index in [2.05, 4.69) is 10.0 Å². The molecule has 0 heterocycles. The molecule has 3 aromatic carbocycles. The number of aliphatic carboxylic acids is 1. The van der Waals surface area contributed by atoms with Crippen LogP contribution in [0.4, 0.5) is 5.69 Å². The van der Waals surface area contributed by atoms with Crippen LogP contribution in [0.2, 0.25) is 0 Å². The highest BCUT2D eigenvalue weighted by Crippen LogP contribution is 2.36. The summed E-state index contributed by atoms with van der Waals surface area (Å²) in [4.78, 5) is 33.8. The second-order valence-corrected chi connectivity index (χ2v) is 9.74. The SMILES string of the molecule is COc1cc(OC)c(S(=O)(=O)NCc2ccccc2-c2ccc(C(=O)O)cc2)cc1NC(=O)CCC(=O)O. The van der Waals surface area contributed by atoms with Crippen LogP contribution in [-0.4, -0.2) is 50.7 Å². The molecule has 0 saturated carbocycles. The van der Waals surface area contributed by atoms with Crippen molar-refractivity contribution in [2.24, 2.45) is 0 Å². The number of carbonyl (C=O) groups excluding carboxylic acids is 1. The van der Waals surface area contributed by atoms with Gasteiger partial charge < -0.3 is 25.0 Å². The summed E-state index contributed by atoms with van der Waals surface area (Å²) in [5.41, 5.74) is 2.21. The molecule has 4 N–H and O–H groups in total. The highest BCUT2D eigenvalue weighted by atomic mass is 32.2. The van der Waals surface area contributed by atoms with Gasteiger partial charge in [0.1, 0.15) is 16.4 Å². The highest BCUT2D eigenvalue weighted by Gasteiger charge is 2.24. The Morgan fingerprint density at radius 1 is 0.868 bits per heavy atom. The molecule has 0 aromatic heterocycles. The number of nitrogens with one attached hydrogen (secondary N) is 2. The summed E-state index contributed by atoms with van der Waals surface area (Å²) >= 11 is 0. The van der Waals surface area contributed by atoms with Crippen LogP contribution >= 0.6 is 0 Å². The highest BCUT2D eigenvalue weighted by molar-refractivity contribution is 7.89. The topological polar surface area (TPSA) is 168 Å². The second-order valence-electron chi connectivity index (χ2n) is 8.01. The van der Waals surface area contributed by atoms with Crippen LogP contribution in [-0.2, 0) is 26.2 Å². The molecule has 12 heteroatoms. The van der Waals surface area contributed by atoms with Gasteiger partial charge in [0.2, 0.25) is 15.9 Å². The number of carboxylic acids is 2. The molecule has 0 saturated heterocycles. The summed E-state index contributed by atoms with van der Waals surface area (Å²) in [6.45, 7) is -0.103. The van der Waals surface area contributed by atoms with Crippen LogP contribution in [0.15, 0.2) is 65.6 Å². The maximum Gasteiger partial charge on any atom is 0.335 e. The zero-order valence-corrected chi connectivity index (χ0v) is 21.4. The number of carboxylic acid groups (broad SMARTS) is 2. The molecule has 0 unspecified atom stereocenters. The van der Waals surface area contributed by atoms with E-state index in [0.717, 1.165) is 0 Å². The van der Waals surface area contributed by atoms with E-state index >= 15 is 0 Å². The number of hydrogen-bond acceptors (Lipinski definition) is 7. The van der Waals surface area contributed by atoms with Gasteiger partial charge in [0.15, 0.2) is 0 Å². The lowest BCUT2D eigenvalue weighted by Crippen LogP contribution is -2.24. The summed E-state index contributed by atoms with van der Waals surface area (Å²) in [5, 5.41) is 20.4. The molecule has 38 heavy (non-hydrogen) atoms. The molecule has 0 bridgehead atoms. The summed E-state index contributed by atoms with van der Waals surface area (Å²) < 4.78 is 39.7. The Bertz CT molecular complexity index is 1450. The van der Waals surface area contributed by atoms with Crippen LogP contribution in [0.5, 0.6) is 11.5 Å². The molecule has 1 amide bonds. The summed E-state index contributed by atoms with van der Waals surface area (Å²) in [6.07, 6.45) is -0.704. The number of carbonyl (C=O) groups is 3. The maximum absolute atomic E-state index is 13.3. The number of amides is 1. The first kappa shape index (κ1) is 28.2. The summed E-state index contributed by atoms with van der Waals surface area (Å²) in [7, 11) is -1.57. The van der Waals surface area contributed by atoms with E-state index in [4.69, 9.17) is 19.7 Å². The molecule has 3 rings (SSSR count). The Morgan fingerprint density at radius 2 is 1.53 bits per heavy atom. The Kier molecular flexibility index (Phi) is 9.05. The average molecular weight is 543 g/mol. The molecule has 0 spiro atoms. The molecule has 0 aliphatic carbocycles. The first-order valence-electron chi connectivity index (χ1n) is 11.2. The number of aromatic carboxylic acids is 1. The van der Waals surface area contributed by atoms with Gasteiger partial charge in [-0.25, -0.2) is 17.9 Å². The van der Waals surface area contributed by atoms with Gasteiger partial charge in [0.25, 0.3) is 0 Å². The van der Waals surface area contributed by atoms with E-state index < -0.39 is 34.3 Å². The van der Waals surface area contributed by atoms with Crippen LogP contribution < -0.4 is 19.5 Å². The predicted octanol–water partition coefficient (Wildman–Crippen LogP) is 3.35. The molecule has 3 aromatic rings. The van der Waals surface area contributed by atoms with Gasteiger partial charge in [-0.3, -0.25) is 9.59 Å². The molecule has 0 aliphatic rings. The molecule has 11 nitrogen and oxygen atoms in total. The minimum absolute atomic E-state index is 0.0305. The van der Waals surface area contributed by atoms with Crippen molar-refractivity contribution >= 4 is 33.6 Å². The molecule has 0 atom stereocenters. The van der Waals surface area contributed by atoms with Gasteiger partial charge in [0.05, 0.1) is 31.9 Å². The van der Waals surface area contributed by atoms with Crippen LogP contribution in [0, 0.1) is 0 Å². The lowest BCUT2D eigenvalue weighted by molar-refractivity contribution is -0.138. The van der Waals surface area contributed by atoms with Crippen LogP contribution in [0.1, 0.15) is 28.8 Å². The lowest BCUT2D eigenvalue weighted by Gasteiger charge is -2.17. The van der Waals surface area contributed by atoms with E-state index in [-0.39, 0.29) is 40.6 Å². The van der Waals surface area contributed by atoms with E-state index in [9.17, 15) is 22.8 Å². The first-order valence-corrected chi connectivity index (χ1v) is 12.7. The third-order valence-corrected chi connectivity index (χ3v) is 6.95. The molecular weight excluding hydrogens is 516 g/mol. The summed E-state index contributed by atoms with van der Waals surface area (Å²) in [5.74, 6) is -2.74. The fraction of sp³-hybridized carbons (Fsp3) is 0.192. The molecule has 0 aliphatic heterocycles. The average Bonchev–Trinajstić information content (AvgIpc) is 2.90. The second kappa shape index (κ2) is 12.2. The largest absolute Gasteiger partial charge is 0.495 e. The van der Waals surface area contributed by atoms with Crippen molar-refractivity contribution < 1.29 is 42.5 Å². The number of hydrogen-bond donors (Lipinski definition) is 4. The monoisotopic (exact) mass is 542 g/mol. The fourth-order valence-corrected chi connectivity index (χ4v) is 4.79. The summed E-state index contributed by atoms with van der Waals surface area (Å²) in [6, 6.07) is 15.8. The minimum atomic E-state index is -4.18. The van der Waals surface area contributed by atoms with E-state index in [1.54, 1.807) is 36.4 Å². The Morgan fingerprint density at radius 3 is 2.13 bits per heavy atom. The van der Waals surface area contributed by atoms with Gasteiger partial charge in [-0.05, 0) is 34.9 Å². The third-order valence-electron chi connectivity index (χ3n) is 5.53. The van der Waals surface area contributed by atoms with Crippen molar-refractivity contribution in [3.05, 3.63) is 71.8 Å². The van der Waals surface area contributed by atoms with Crippen molar-refractivity contribution in [2.75, 3.05) is 19.5 Å². The molecule has 0 radical (unpaired) electrons. The number of anilines is 1. The lowest BCUT2D eigenvalue weighted by atomic mass is 9.99. The zero-order chi connectivity index (χ0) is 27.9. The number of rotatable bonds is 12. The van der Waals surface area contributed by atoms with Gasteiger partial charge in [-0.15, -0.1) is 0 Å². The maximum atomic E-state index is 13.3. The van der Waals surface area contributed by atoms with Gasteiger partial charge in [-0.2, -0.15) is 0 Å². The van der Waals surface area contributed by atoms with Crippen LogP contribution in [0.3, 0.4) is 0 Å². The van der Waals surface area contributed by atoms with Gasteiger partial charge in [0, 0.05) is 19.0 Å². The van der Waals surface area contributed by atoms with Crippen molar-refractivity contribution in [1.29, 1.82) is 0 Å². The number of benzene rings is 3. The van der Waals surface area contributed by atoms with Crippen molar-refractivity contribution in [3.8, 4) is 22.6 Å². The van der Waals surface area contributed by atoms with Gasteiger partial charge in [-0.1, -0.05) is 36.4 Å². The minimum Gasteiger partial charge on any atom is -0.495 e. The normalized spacial score (nSPS) is 11.0. The third kappa shape index (κ3) is 6.87. The Balaban J connectivity index is 1.89. The fourth-order valence-electron chi connectivity index (χ4n) is 3.61. The number of sulfonamides is 1. The quantitative estimate of drug-likeness (QED) is 0.268. The number of methoxy groups -OCH3 is 2. The number of ether oxygens (including phenoxy) is 2. The van der Waals surface area contributed by atoms with Crippen molar-refractivity contribution in [2.45, 2.75) is 24.3 Å². The predicted molar refractivity (Wildman–Crippen MR) is 138 cm³/mol. The standard InChI is InChI=1S/C26H26N2O9S/c1-36-21-14-22(37-2)23(13-20(21)28-24(29)11-12-25(30)31)38(34,35)27-15-18-5-3-4-6-19(18)16-7-9-17(10-8-16)26(32)33/h3-10,13-14,27H,11-12,15H2,1-2H3,(H,28,29)(H,30,31)(H,32,33). The van der Waals surface area contributed by atoms with Crippen molar-refractivity contribution in [3.63, 3.8) is 0 Å². The van der Waals surface area contributed by atoms with Crippen LogP contribution in [0.25, 0.3) is 11.1 Å². The smallest absolute Gasteiger partial charge is 0.335 e. The van der Waals surface area contributed by atoms with E-state index in [0.29, 0.717) is 16.7 Å². The Labute approximate surface area is 219 Å². The molecule has 200 valence electrons. The van der Waals surface area contributed by atoms with E-state index in [1.165, 1.54) is 38.5 Å². The van der Waals surface area contributed by atoms with Crippen molar-refractivity contribution in [1.82, 2.24) is 4.72 Å². The molecule has 0 fully saturated rings. The Hall–Kier alpha value is -4.42. The first-order chi connectivity index (χ1) is 18.1. The van der Waals surface area contributed by atoms with E-state index in [1.807, 2.05) is 0 Å². The zero-order valence-electron chi connectivity index (χ0n) is 20.6. The van der Waals surface area contributed by atoms with Gasteiger partial charge >= 0.3 is 11.9 Å². The molecular formula is C26H26N2O9S.